The molecule has 0 saturated heterocycles. The SMILES string of the molecule is Cc1cc2ncn(-c3ccc(C(N)=O)cc3N)c2cc1C. The summed E-state index contributed by atoms with van der Waals surface area (Å²) < 4.78 is 1.92. The van der Waals surface area contributed by atoms with Gasteiger partial charge in [0.15, 0.2) is 0 Å². The van der Waals surface area contributed by atoms with Gasteiger partial charge in [-0.15, -0.1) is 0 Å². The van der Waals surface area contributed by atoms with Gasteiger partial charge in [-0.1, -0.05) is 0 Å². The Kier molecular flexibility index (Phi) is 2.90. The summed E-state index contributed by atoms with van der Waals surface area (Å²) in [6, 6.07) is 9.17. The van der Waals surface area contributed by atoms with Gasteiger partial charge < -0.3 is 11.5 Å². The number of nitrogens with zero attached hydrogens (tertiary/aromatic N) is 2. The molecule has 0 unspecified atom stereocenters. The first-order valence-corrected chi connectivity index (χ1v) is 6.61. The molecule has 106 valence electrons. The van der Waals surface area contributed by atoms with Gasteiger partial charge in [-0.3, -0.25) is 9.36 Å². The van der Waals surface area contributed by atoms with E-state index in [1.807, 2.05) is 4.57 Å². The van der Waals surface area contributed by atoms with Crippen LogP contribution in [0.3, 0.4) is 0 Å². The molecule has 0 aliphatic heterocycles. The largest absolute Gasteiger partial charge is 0.397 e. The van der Waals surface area contributed by atoms with Crippen molar-refractivity contribution in [2.45, 2.75) is 13.8 Å². The molecule has 0 aliphatic rings. The minimum absolute atomic E-state index is 0.396. The van der Waals surface area contributed by atoms with Crippen molar-refractivity contribution in [1.82, 2.24) is 9.55 Å². The standard InChI is InChI=1S/C16H16N4O/c1-9-5-13-15(6-10(9)2)20(8-19-13)14-4-3-11(16(18)21)7-12(14)17/h3-8H,17H2,1-2H3,(H2,18,21). The van der Waals surface area contributed by atoms with E-state index < -0.39 is 5.91 Å². The van der Waals surface area contributed by atoms with Crippen LogP contribution in [-0.4, -0.2) is 15.5 Å². The van der Waals surface area contributed by atoms with Gasteiger partial charge in [-0.25, -0.2) is 4.98 Å². The molecule has 0 saturated carbocycles. The number of benzene rings is 2. The number of fused-ring (bicyclic) bond motifs is 1. The molecule has 5 nitrogen and oxygen atoms in total. The quantitative estimate of drug-likeness (QED) is 0.706. The van der Waals surface area contributed by atoms with Crippen molar-refractivity contribution in [3.63, 3.8) is 0 Å². The first kappa shape index (κ1) is 13.2. The van der Waals surface area contributed by atoms with Crippen molar-refractivity contribution in [3.05, 3.63) is 53.3 Å². The fourth-order valence-electron chi connectivity index (χ4n) is 2.38. The van der Waals surface area contributed by atoms with Gasteiger partial charge in [0.1, 0.15) is 6.33 Å². The van der Waals surface area contributed by atoms with Gasteiger partial charge in [0.05, 0.1) is 22.4 Å². The van der Waals surface area contributed by atoms with Crippen LogP contribution in [0.25, 0.3) is 16.7 Å². The van der Waals surface area contributed by atoms with Crippen LogP contribution in [-0.2, 0) is 0 Å². The fraction of sp³-hybridized carbons (Fsp3) is 0.125. The maximum Gasteiger partial charge on any atom is 0.248 e. The molecule has 5 heteroatoms. The highest BCUT2D eigenvalue weighted by Gasteiger charge is 2.10. The Morgan fingerprint density at radius 3 is 2.52 bits per heavy atom. The van der Waals surface area contributed by atoms with Crippen LogP contribution in [0.2, 0.25) is 0 Å². The minimum Gasteiger partial charge on any atom is -0.397 e. The lowest BCUT2D eigenvalue weighted by molar-refractivity contribution is 0.100. The van der Waals surface area contributed by atoms with Crippen molar-refractivity contribution in [1.29, 1.82) is 0 Å². The molecule has 0 bridgehead atoms. The van der Waals surface area contributed by atoms with Crippen molar-refractivity contribution >= 4 is 22.6 Å². The first-order valence-electron chi connectivity index (χ1n) is 6.61. The fourth-order valence-corrected chi connectivity index (χ4v) is 2.38. The summed E-state index contributed by atoms with van der Waals surface area (Å²) in [5, 5.41) is 0. The van der Waals surface area contributed by atoms with E-state index in [-0.39, 0.29) is 0 Å². The summed E-state index contributed by atoms with van der Waals surface area (Å²) >= 11 is 0. The van der Waals surface area contributed by atoms with Crippen LogP contribution >= 0.6 is 0 Å². The van der Waals surface area contributed by atoms with Gasteiger partial charge in [0, 0.05) is 5.56 Å². The van der Waals surface area contributed by atoms with E-state index >= 15 is 0 Å². The zero-order valence-corrected chi connectivity index (χ0v) is 11.9. The van der Waals surface area contributed by atoms with Crippen molar-refractivity contribution in [2.75, 3.05) is 5.73 Å². The predicted octanol–water partition coefficient (Wildman–Crippen LogP) is 2.32. The number of anilines is 1. The molecular formula is C16H16N4O. The van der Waals surface area contributed by atoms with Gasteiger partial charge in [-0.2, -0.15) is 0 Å². The summed E-state index contributed by atoms with van der Waals surface area (Å²) in [4.78, 5) is 15.6. The lowest BCUT2D eigenvalue weighted by Gasteiger charge is -2.10. The van der Waals surface area contributed by atoms with Gasteiger partial charge in [0.2, 0.25) is 5.91 Å². The molecule has 2 aromatic carbocycles. The van der Waals surface area contributed by atoms with E-state index in [0.29, 0.717) is 11.3 Å². The van der Waals surface area contributed by atoms with Crippen molar-refractivity contribution in [3.8, 4) is 5.69 Å². The summed E-state index contributed by atoms with van der Waals surface area (Å²) in [6.45, 7) is 4.12. The van der Waals surface area contributed by atoms with E-state index in [1.165, 1.54) is 11.1 Å². The third kappa shape index (κ3) is 2.12. The van der Waals surface area contributed by atoms with Gasteiger partial charge in [-0.05, 0) is 55.3 Å². The Morgan fingerprint density at radius 1 is 1.14 bits per heavy atom. The summed E-state index contributed by atoms with van der Waals surface area (Å²) in [6.07, 6.45) is 1.74. The zero-order chi connectivity index (χ0) is 15.1. The molecule has 0 fully saturated rings. The Bertz CT molecular complexity index is 864. The first-order chi connectivity index (χ1) is 9.97. The minimum atomic E-state index is -0.491. The molecule has 3 aromatic rings. The Labute approximate surface area is 122 Å². The Morgan fingerprint density at radius 2 is 1.86 bits per heavy atom. The lowest BCUT2D eigenvalue weighted by Crippen LogP contribution is -2.12. The van der Waals surface area contributed by atoms with Crippen LogP contribution in [0, 0.1) is 13.8 Å². The molecule has 0 radical (unpaired) electrons. The monoisotopic (exact) mass is 280 g/mol. The highest BCUT2D eigenvalue weighted by atomic mass is 16.1. The average Bonchev–Trinajstić information content (AvgIpc) is 2.82. The number of carbonyl (C=O) groups is 1. The number of aromatic nitrogens is 2. The molecule has 21 heavy (non-hydrogen) atoms. The highest BCUT2D eigenvalue weighted by molar-refractivity contribution is 5.94. The number of nitrogen functional groups attached to an aromatic ring is 1. The number of hydrogen-bond donors (Lipinski definition) is 2. The normalized spacial score (nSPS) is 11.0. The Balaban J connectivity index is 2.21. The molecule has 3 rings (SSSR count). The van der Waals surface area contributed by atoms with Crippen LogP contribution in [0.15, 0.2) is 36.7 Å². The van der Waals surface area contributed by atoms with Crippen LogP contribution in [0.1, 0.15) is 21.5 Å². The number of imidazole rings is 1. The molecule has 1 aromatic heterocycles. The number of carbonyl (C=O) groups excluding carboxylic acids is 1. The van der Waals surface area contributed by atoms with Crippen LogP contribution < -0.4 is 11.5 Å². The van der Waals surface area contributed by atoms with E-state index in [1.54, 1.807) is 24.5 Å². The van der Waals surface area contributed by atoms with Gasteiger partial charge >= 0.3 is 0 Å². The number of nitrogens with two attached hydrogens (primary N) is 2. The Hall–Kier alpha value is -2.82. The second kappa shape index (κ2) is 4.63. The molecule has 0 spiro atoms. The smallest absolute Gasteiger partial charge is 0.248 e. The second-order valence-electron chi connectivity index (χ2n) is 5.18. The van der Waals surface area contributed by atoms with Crippen molar-refractivity contribution < 1.29 is 4.79 Å². The average molecular weight is 280 g/mol. The number of amides is 1. The molecule has 1 heterocycles. The maximum absolute atomic E-state index is 11.2. The molecule has 0 atom stereocenters. The third-order valence-corrected chi connectivity index (χ3v) is 3.73. The predicted molar refractivity (Wildman–Crippen MR) is 83.5 cm³/mol. The lowest BCUT2D eigenvalue weighted by atomic mass is 10.1. The summed E-state index contributed by atoms with van der Waals surface area (Å²) in [5.41, 5.74) is 17.3. The molecule has 4 N–H and O–H groups in total. The van der Waals surface area contributed by atoms with Crippen LogP contribution in [0.5, 0.6) is 0 Å². The van der Waals surface area contributed by atoms with Gasteiger partial charge in [0.25, 0.3) is 0 Å². The number of primary amides is 1. The maximum atomic E-state index is 11.2. The second-order valence-corrected chi connectivity index (χ2v) is 5.18. The van der Waals surface area contributed by atoms with E-state index in [0.717, 1.165) is 16.7 Å². The van der Waals surface area contributed by atoms with E-state index in [4.69, 9.17) is 11.5 Å². The molecular weight excluding hydrogens is 264 g/mol. The summed E-state index contributed by atoms with van der Waals surface area (Å²) in [7, 11) is 0. The topological polar surface area (TPSA) is 86.9 Å². The number of aryl methyl sites for hydroxylation is 2. The van der Waals surface area contributed by atoms with E-state index in [2.05, 4.69) is 31.0 Å². The van der Waals surface area contributed by atoms with Crippen LogP contribution in [0.4, 0.5) is 5.69 Å². The molecule has 0 aliphatic carbocycles. The summed E-state index contributed by atoms with van der Waals surface area (Å²) in [5.74, 6) is -0.491. The number of hydrogen-bond acceptors (Lipinski definition) is 3. The third-order valence-electron chi connectivity index (χ3n) is 3.73. The molecule has 1 amide bonds. The number of rotatable bonds is 2. The van der Waals surface area contributed by atoms with Crippen molar-refractivity contribution in [2.24, 2.45) is 5.73 Å². The highest BCUT2D eigenvalue weighted by Crippen LogP contribution is 2.25. The zero-order valence-electron chi connectivity index (χ0n) is 11.9. The van der Waals surface area contributed by atoms with E-state index in [9.17, 15) is 4.79 Å².